The van der Waals surface area contributed by atoms with Crippen LogP contribution in [0, 0.1) is 27.7 Å². The van der Waals surface area contributed by atoms with Crippen molar-refractivity contribution in [1.82, 2.24) is 25.2 Å². The van der Waals surface area contributed by atoms with Crippen molar-refractivity contribution < 1.29 is 14.3 Å². The number of aryl methyl sites for hydroxylation is 4. The van der Waals surface area contributed by atoms with E-state index in [-0.39, 0.29) is 18.1 Å². The predicted octanol–water partition coefficient (Wildman–Crippen LogP) is 3.38. The standard InChI is InChI=1S/C20H23N5O3S/c1-6-28-19(27)17-14(5)21-13(4)16(17)15(26)10-29-20-22-23-24-25(20)18-11(2)8-7-9-12(18)3/h7-9,21H,6,10H2,1-5H3. The first-order valence-electron chi connectivity index (χ1n) is 9.22. The Balaban J connectivity index is 1.86. The summed E-state index contributed by atoms with van der Waals surface area (Å²) in [6.45, 7) is 9.48. The minimum atomic E-state index is -0.497. The second-order valence-corrected chi connectivity index (χ2v) is 7.61. The lowest BCUT2D eigenvalue weighted by Gasteiger charge is -2.10. The first kappa shape index (κ1) is 20.8. The van der Waals surface area contributed by atoms with Gasteiger partial charge in [0.1, 0.15) is 0 Å². The van der Waals surface area contributed by atoms with E-state index in [1.54, 1.807) is 25.5 Å². The maximum atomic E-state index is 13.0. The third-order valence-corrected chi connectivity index (χ3v) is 5.48. The Kier molecular flexibility index (Phi) is 6.17. The minimum absolute atomic E-state index is 0.0931. The molecule has 0 radical (unpaired) electrons. The number of hydrogen-bond donors (Lipinski definition) is 1. The lowest BCUT2D eigenvalue weighted by molar-refractivity contribution is 0.0522. The summed E-state index contributed by atoms with van der Waals surface area (Å²) in [7, 11) is 0. The molecule has 0 amide bonds. The van der Waals surface area contributed by atoms with Crippen molar-refractivity contribution in [2.24, 2.45) is 0 Å². The Labute approximate surface area is 173 Å². The second-order valence-electron chi connectivity index (χ2n) is 6.67. The van der Waals surface area contributed by atoms with Crippen molar-refractivity contribution in [1.29, 1.82) is 0 Å². The number of nitrogens with zero attached hydrogens (tertiary/aromatic N) is 4. The molecule has 0 aliphatic rings. The Morgan fingerprint density at radius 1 is 1.10 bits per heavy atom. The molecule has 0 atom stereocenters. The van der Waals surface area contributed by atoms with Crippen molar-refractivity contribution in [3.05, 3.63) is 51.8 Å². The Hall–Kier alpha value is -2.94. The number of tetrazole rings is 1. The highest BCUT2D eigenvalue weighted by molar-refractivity contribution is 7.99. The van der Waals surface area contributed by atoms with Crippen LogP contribution in [0.3, 0.4) is 0 Å². The van der Waals surface area contributed by atoms with Crippen LogP contribution in [0.4, 0.5) is 0 Å². The maximum Gasteiger partial charge on any atom is 0.340 e. The Morgan fingerprint density at radius 2 is 1.76 bits per heavy atom. The average molecular weight is 414 g/mol. The fraction of sp³-hybridized carbons (Fsp3) is 0.350. The average Bonchev–Trinajstić information content (AvgIpc) is 3.23. The van der Waals surface area contributed by atoms with Crippen molar-refractivity contribution >= 4 is 23.5 Å². The molecule has 0 unspecified atom stereocenters. The van der Waals surface area contributed by atoms with E-state index >= 15 is 0 Å². The highest BCUT2D eigenvalue weighted by Crippen LogP contribution is 2.26. The number of thioether (sulfide) groups is 1. The van der Waals surface area contributed by atoms with Gasteiger partial charge in [0.2, 0.25) is 5.16 Å². The van der Waals surface area contributed by atoms with Gasteiger partial charge in [-0.2, -0.15) is 4.68 Å². The molecular weight excluding hydrogens is 390 g/mol. The molecule has 0 fully saturated rings. The van der Waals surface area contributed by atoms with Crippen LogP contribution in [0.5, 0.6) is 0 Å². The summed E-state index contributed by atoms with van der Waals surface area (Å²) in [4.78, 5) is 28.3. The molecular formula is C20H23N5O3S. The van der Waals surface area contributed by atoms with Crippen LogP contribution in [-0.4, -0.2) is 49.3 Å². The third-order valence-electron chi connectivity index (χ3n) is 4.56. The topological polar surface area (TPSA) is 103 Å². The highest BCUT2D eigenvalue weighted by Gasteiger charge is 2.26. The molecule has 1 N–H and O–H groups in total. The first-order valence-corrected chi connectivity index (χ1v) is 10.2. The number of carbonyl (C=O) groups is 2. The van der Waals surface area contributed by atoms with Gasteiger partial charge in [0.25, 0.3) is 0 Å². The largest absolute Gasteiger partial charge is 0.462 e. The van der Waals surface area contributed by atoms with Crippen molar-refractivity contribution in [2.75, 3.05) is 12.4 Å². The number of para-hydroxylation sites is 1. The number of benzene rings is 1. The van der Waals surface area contributed by atoms with Gasteiger partial charge in [0.15, 0.2) is 5.78 Å². The quantitative estimate of drug-likeness (QED) is 0.360. The molecule has 0 bridgehead atoms. The van der Waals surface area contributed by atoms with Crippen LogP contribution in [0.2, 0.25) is 0 Å². The predicted molar refractivity (Wildman–Crippen MR) is 110 cm³/mol. The lowest BCUT2D eigenvalue weighted by atomic mass is 10.1. The molecule has 29 heavy (non-hydrogen) atoms. The molecule has 0 saturated heterocycles. The van der Waals surface area contributed by atoms with Crippen LogP contribution in [0.25, 0.3) is 5.69 Å². The third kappa shape index (κ3) is 4.09. The van der Waals surface area contributed by atoms with Gasteiger partial charge in [0, 0.05) is 11.4 Å². The zero-order valence-corrected chi connectivity index (χ0v) is 17.9. The number of aromatic amines is 1. The zero-order valence-electron chi connectivity index (χ0n) is 17.1. The van der Waals surface area contributed by atoms with Gasteiger partial charge >= 0.3 is 5.97 Å². The molecule has 8 nitrogen and oxygen atoms in total. The number of hydrogen-bond acceptors (Lipinski definition) is 7. The van der Waals surface area contributed by atoms with Crippen LogP contribution in [-0.2, 0) is 4.74 Å². The van der Waals surface area contributed by atoms with Crippen LogP contribution in [0.1, 0.15) is 50.2 Å². The zero-order chi connectivity index (χ0) is 21.1. The lowest BCUT2D eigenvalue weighted by Crippen LogP contribution is -2.13. The van der Waals surface area contributed by atoms with Gasteiger partial charge in [-0.1, -0.05) is 30.0 Å². The molecule has 1 aromatic carbocycles. The molecule has 152 valence electrons. The van der Waals surface area contributed by atoms with Crippen molar-refractivity contribution in [3.63, 3.8) is 0 Å². The summed E-state index contributed by atoms with van der Waals surface area (Å²) >= 11 is 1.23. The molecule has 3 rings (SSSR count). The molecule has 2 aromatic heterocycles. The van der Waals surface area contributed by atoms with E-state index in [0.717, 1.165) is 16.8 Å². The summed E-state index contributed by atoms with van der Waals surface area (Å²) in [6, 6.07) is 5.95. The van der Waals surface area contributed by atoms with E-state index < -0.39 is 5.97 Å². The van der Waals surface area contributed by atoms with Crippen molar-refractivity contribution in [2.45, 2.75) is 39.8 Å². The van der Waals surface area contributed by atoms with E-state index in [1.807, 2.05) is 32.0 Å². The van der Waals surface area contributed by atoms with Crippen LogP contribution in [0.15, 0.2) is 23.4 Å². The SMILES string of the molecule is CCOC(=O)c1c(C)[nH]c(C)c1C(=O)CSc1nnnn1-c1c(C)cccc1C. The number of H-pyrrole nitrogens is 1. The summed E-state index contributed by atoms with van der Waals surface area (Å²) in [5, 5.41) is 12.4. The van der Waals surface area contributed by atoms with Gasteiger partial charge in [-0.05, 0) is 56.2 Å². The molecule has 0 aliphatic carbocycles. The molecule has 2 heterocycles. The number of rotatable bonds is 7. The van der Waals surface area contributed by atoms with E-state index in [9.17, 15) is 9.59 Å². The Bertz CT molecular complexity index is 1050. The van der Waals surface area contributed by atoms with E-state index in [2.05, 4.69) is 20.5 Å². The van der Waals surface area contributed by atoms with Crippen LogP contribution < -0.4 is 0 Å². The molecule has 0 spiro atoms. The molecule has 0 aliphatic heterocycles. The van der Waals surface area contributed by atoms with Gasteiger partial charge < -0.3 is 9.72 Å². The summed E-state index contributed by atoms with van der Waals surface area (Å²) in [5.74, 6) is -0.588. The number of ether oxygens (including phenoxy) is 1. The van der Waals surface area contributed by atoms with Crippen molar-refractivity contribution in [3.8, 4) is 5.69 Å². The maximum absolute atomic E-state index is 13.0. The second kappa shape index (κ2) is 8.60. The normalized spacial score (nSPS) is 10.9. The van der Waals surface area contributed by atoms with Crippen LogP contribution >= 0.6 is 11.8 Å². The van der Waals surface area contributed by atoms with Gasteiger partial charge in [0.05, 0.1) is 29.2 Å². The van der Waals surface area contributed by atoms with Gasteiger partial charge in [-0.15, -0.1) is 5.10 Å². The summed E-state index contributed by atoms with van der Waals surface area (Å²) < 4.78 is 6.76. The number of aromatic nitrogens is 5. The van der Waals surface area contributed by atoms with E-state index in [4.69, 9.17) is 4.74 Å². The smallest absolute Gasteiger partial charge is 0.340 e. The number of carbonyl (C=O) groups excluding carboxylic acids is 2. The van der Waals surface area contributed by atoms with Gasteiger partial charge in [-0.3, -0.25) is 4.79 Å². The molecule has 9 heteroatoms. The number of ketones is 1. The Morgan fingerprint density at radius 3 is 2.41 bits per heavy atom. The van der Waals surface area contributed by atoms with Gasteiger partial charge in [-0.25, -0.2) is 4.79 Å². The summed E-state index contributed by atoms with van der Waals surface area (Å²) in [6.07, 6.45) is 0. The number of esters is 1. The number of nitrogens with one attached hydrogen (secondary N) is 1. The van der Waals surface area contributed by atoms with E-state index in [0.29, 0.717) is 27.7 Å². The fourth-order valence-corrected chi connectivity index (χ4v) is 4.09. The number of Topliss-reactive ketones (excluding diaryl/α,β-unsaturated/α-hetero) is 1. The molecule has 0 saturated carbocycles. The monoisotopic (exact) mass is 413 g/mol. The first-order chi connectivity index (χ1) is 13.8. The van der Waals surface area contributed by atoms with E-state index in [1.165, 1.54) is 11.8 Å². The minimum Gasteiger partial charge on any atom is -0.462 e. The summed E-state index contributed by atoms with van der Waals surface area (Å²) in [5.41, 5.74) is 4.89. The molecule has 3 aromatic rings. The fourth-order valence-electron chi connectivity index (χ4n) is 3.34. The highest BCUT2D eigenvalue weighted by atomic mass is 32.2.